The minimum atomic E-state index is -0.418. The van der Waals surface area contributed by atoms with E-state index in [-0.39, 0.29) is 11.2 Å². The summed E-state index contributed by atoms with van der Waals surface area (Å²) >= 11 is 1.58. The zero-order chi connectivity index (χ0) is 23.4. The minimum absolute atomic E-state index is 0.246. The van der Waals surface area contributed by atoms with Crippen LogP contribution in [0.4, 0.5) is 20.7 Å². The van der Waals surface area contributed by atoms with Crippen LogP contribution in [0.15, 0.2) is 88.9 Å². The maximum absolute atomic E-state index is 13.8. The number of aromatic nitrogens is 3. The number of urea groups is 1. The summed E-state index contributed by atoms with van der Waals surface area (Å²) in [6.07, 6.45) is 3.48. The van der Waals surface area contributed by atoms with Crippen molar-refractivity contribution in [3.05, 3.63) is 90.6 Å². The Morgan fingerprint density at radius 1 is 0.939 bits per heavy atom. The molecule has 2 amide bonds. The van der Waals surface area contributed by atoms with Gasteiger partial charge in [-0.1, -0.05) is 44.7 Å². The monoisotopic (exact) mass is 461 g/mol. The SMILES string of the molecule is CC(C)(C)c1cc(NC(=O)Nc2cccc(Sc3ccncc3)c2)n(-c2cccc(F)c2)n1. The number of rotatable bonds is 5. The molecule has 0 bridgehead atoms. The summed E-state index contributed by atoms with van der Waals surface area (Å²) in [4.78, 5) is 18.9. The van der Waals surface area contributed by atoms with Crippen LogP contribution in [0.2, 0.25) is 0 Å². The summed E-state index contributed by atoms with van der Waals surface area (Å²) in [5.41, 5.74) is 1.71. The van der Waals surface area contributed by atoms with Gasteiger partial charge in [0.1, 0.15) is 11.6 Å². The molecule has 2 N–H and O–H groups in total. The summed E-state index contributed by atoms with van der Waals surface area (Å²) in [6, 6.07) is 18.9. The van der Waals surface area contributed by atoms with Gasteiger partial charge in [0.05, 0.1) is 11.4 Å². The van der Waals surface area contributed by atoms with Crippen molar-refractivity contribution in [2.24, 2.45) is 0 Å². The van der Waals surface area contributed by atoms with Crippen LogP contribution in [0, 0.1) is 5.82 Å². The molecular formula is C25H24FN5OS. The molecule has 0 saturated heterocycles. The minimum Gasteiger partial charge on any atom is -0.308 e. The maximum atomic E-state index is 13.8. The van der Waals surface area contributed by atoms with Crippen molar-refractivity contribution >= 4 is 29.3 Å². The molecular weight excluding hydrogens is 437 g/mol. The van der Waals surface area contributed by atoms with Gasteiger partial charge in [0.2, 0.25) is 0 Å². The van der Waals surface area contributed by atoms with Crippen molar-refractivity contribution in [1.82, 2.24) is 14.8 Å². The van der Waals surface area contributed by atoms with Crippen LogP contribution in [0.5, 0.6) is 0 Å². The van der Waals surface area contributed by atoms with Crippen molar-refractivity contribution in [2.75, 3.05) is 10.6 Å². The van der Waals surface area contributed by atoms with Gasteiger partial charge in [-0.3, -0.25) is 10.3 Å². The highest BCUT2D eigenvalue weighted by Gasteiger charge is 2.21. The molecule has 0 aliphatic heterocycles. The molecule has 8 heteroatoms. The van der Waals surface area contributed by atoms with Crippen molar-refractivity contribution in [3.63, 3.8) is 0 Å². The average molecular weight is 462 g/mol. The van der Waals surface area contributed by atoms with E-state index in [0.29, 0.717) is 17.2 Å². The summed E-state index contributed by atoms with van der Waals surface area (Å²) in [5.74, 6) is 0.0737. The zero-order valence-electron chi connectivity index (χ0n) is 18.5. The molecule has 0 unspecified atom stereocenters. The number of nitrogens with zero attached hydrogens (tertiary/aromatic N) is 3. The molecule has 0 radical (unpaired) electrons. The number of benzene rings is 2. The number of anilines is 2. The van der Waals surface area contributed by atoms with Crippen molar-refractivity contribution < 1.29 is 9.18 Å². The molecule has 6 nitrogen and oxygen atoms in total. The van der Waals surface area contributed by atoms with Gasteiger partial charge in [-0.15, -0.1) is 0 Å². The number of carbonyl (C=O) groups excluding carboxylic acids is 1. The largest absolute Gasteiger partial charge is 0.324 e. The second-order valence-electron chi connectivity index (χ2n) is 8.45. The van der Waals surface area contributed by atoms with Gasteiger partial charge in [0, 0.05) is 39.4 Å². The standard InChI is InChI=1S/C25H24FN5OS/c1-25(2,3)22-16-23(31(30-22)19-8-4-6-17(26)14-19)29-24(32)28-18-7-5-9-21(15-18)33-20-10-12-27-13-11-20/h4-16H,1-3H3,(H2,28,29,32). The van der Waals surface area contributed by atoms with Gasteiger partial charge in [0.25, 0.3) is 0 Å². The first-order valence-corrected chi connectivity index (χ1v) is 11.2. The van der Waals surface area contributed by atoms with Crippen LogP contribution in [-0.4, -0.2) is 20.8 Å². The third-order valence-electron chi connectivity index (χ3n) is 4.75. The maximum Gasteiger partial charge on any atom is 0.324 e. The van der Waals surface area contributed by atoms with Crippen LogP contribution in [0.1, 0.15) is 26.5 Å². The fourth-order valence-electron chi connectivity index (χ4n) is 3.10. The van der Waals surface area contributed by atoms with Gasteiger partial charge in [-0.2, -0.15) is 5.10 Å². The second-order valence-corrected chi connectivity index (χ2v) is 9.60. The number of amides is 2. The van der Waals surface area contributed by atoms with E-state index in [4.69, 9.17) is 0 Å². The first kappa shape index (κ1) is 22.5. The predicted octanol–water partition coefficient (Wildman–Crippen LogP) is 6.50. The molecule has 33 heavy (non-hydrogen) atoms. The highest BCUT2D eigenvalue weighted by molar-refractivity contribution is 7.99. The first-order valence-electron chi connectivity index (χ1n) is 10.4. The smallest absolute Gasteiger partial charge is 0.308 e. The molecule has 0 atom stereocenters. The number of pyridine rings is 1. The topological polar surface area (TPSA) is 71.8 Å². The van der Waals surface area contributed by atoms with E-state index in [2.05, 4.69) is 20.7 Å². The van der Waals surface area contributed by atoms with Crippen LogP contribution in [0.25, 0.3) is 5.69 Å². The van der Waals surface area contributed by atoms with Crippen molar-refractivity contribution in [2.45, 2.75) is 36.0 Å². The third-order valence-corrected chi connectivity index (χ3v) is 5.75. The highest BCUT2D eigenvalue weighted by atomic mass is 32.2. The lowest BCUT2D eigenvalue weighted by Gasteiger charge is -2.14. The van der Waals surface area contributed by atoms with Gasteiger partial charge < -0.3 is 5.32 Å². The number of nitrogens with one attached hydrogen (secondary N) is 2. The lowest BCUT2D eigenvalue weighted by molar-refractivity contribution is 0.262. The van der Waals surface area contributed by atoms with Crippen LogP contribution in [0.3, 0.4) is 0 Å². The molecule has 4 aromatic rings. The molecule has 0 aliphatic carbocycles. The van der Waals surface area contributed by atoms with Crippen LogP contribution in [-0.2, 0) is 5.41 Å². The summed E-state index contributed by atoms with van der Waals surface area (Å²) < 4.78 is 15.4. The summed E-state index contributed by atoms with van der Waals surface area (Å²) in [6.45, 7) is 6.09. The highest BCUT2D eigenvalue weighted by Crippen LogP contribution is 2.29. The van der Waals surface area contributed by atoms with Crippen LogP contribution >= 0.6 is 11.8 Å². The Morgan fingerprint density at radius 3 is 2.42 bits per heavy atom. The predicted molar refractivity (Wildman–Crippen MR) is 130 cm³/mol. The first-order chi connectivity index (χ1) is 15.8. The van der Waals surface area contributed by atoms with E-state index in [9.17, 15) is 9.18 Å². The Balaban J connectivity index is 1.54. The lowest BCUT2D eigenvalue weighted by Crippen LogP contribution is -2.21. The Morgan fingerprint density at radius 2 is 1.70 bits per heavy atom. The Labute approximate surface area is 196 Å². The third kappa shape index (κ3) is 5.78. The summed E-state index contributed by atoms with van der Waals surface area (Å²) in [7, 11) is 0. The van der Waals surface area contributed by atoms with Gasteiger partial charge in [-0.25, -0.2) is 13.9 Å². The zero-order valence-corrected chi connectivity index (χ0v) is 19.4. The molecule has 0 aliphatic rings. The molecule has 2 aromatic carbocycles. The van der Waals surface area contributed by atoms with Gasteiger partial charge in [-0.05, 0) is 48.5 Å². The quantitative estimate of drug-likeness (QED) is 0.356. The average Bonchev–Trinajstić information content (AvgIpc) is 3.19. The Kier molecular flexibility index (Phi) is 6.46. The van der Waals surface area contributed by atoms with Crippen molar-refractivity contribution in [3.8, 4) is 5.69 Å². The van der Waals surface area contributed by atoms with E-state index in [1.54, 1.807) is 47.0 Å². The summed E-state index contributed by atoms with van der Waals surface area (Å²) in [5, 5.41) is 10.3. The number of halogens is 1. The van der Waals surface area contributed by atoms with Gasteiger partial charge in [0.15, 0.2) is 0 Å². The van der Waals surface area contributed by atoms with E-state index in [1.165, 1.54) is 12.1 Å². The molecule has 4 rings (SSSR count). The fourth-order valence-corrected chi connectivity index (χ4v) is 3.96. The molecule has 168 valence electrons. The normalized spacial score (nSPS) is 11.3. The molecule has 2 aromatic heterocycles. The molecule has 0 fully saturated rings. The van der Waals surface area contributed by atoms with Gasteiger partial charge >= 0.3 is 6.03 Å². The number of hydrogen-bond donors (Lipinski definition) is 2. The van der Waals surface area contributed by atoms with E-state index >= 15 is 0 Å². The lowest BCUT2D eigenvalue weighted by atomic mass is 9.92. The van der Waals surface area contributed by atoms with E-state index in [1.807, 2.05) is 57.2 Å². The number of carbonyl (C=O) groups is 1. The van der Waals surface area contributed by atoms with E-state index < -0.39 is 6.03 Å². The Hall–Kier alpha value is -3.65. The van der Waals surface area contributed by atoms with E-state index in [0.717, 1.165) is 15.5 Å². The molecule has 0 spiro atoms. The number of hydrogen-bond acceptors (Lipinski definition) is 4. The van der Waals surface area contributed by atoms with Crippen LogP contribution < -0.4 is 10.6 Å². The Bertz CT molecular complexity index is 1270. The fraction of sp³-hybridized carbons (Fsp3) is 0.160. The molecule has 2 heterocycles. The second kappa shape index (κ2) is 9.46. The van der Waals surface area contributed by atoms with Crippen molar-refractivity contribution in [1.29, 1.82) is 0 Å². The molecule has 0 saturated carbocycles.